The predicted molar refractivity (Wildman–Crippen MR) is 61.3 cm³/mol. The van der Waals surface area contributed by atoms with Crippen LogP contribution in [-0.2, 0) is 0 Å². The number of hydrogen-bond acceptors (Lipinski definition) is 1. The fraction of sp³-hybridized carbons (Fsp3) is 1.00. The molecule has 2 rings (SSSR count). The van der Waals surface area contributed by atoms with Crippen molar-refractivity contribution < 1.29 is 0 Å². The maximum atomic E-state index is 3.78. The average molecular weight is 195 g/mol. The highest BCUT2D eigenvalue weighted by Crippen LogP contribution is 2.36. The molecular weight excluding hydrogens is 170 g/mol. The molecule has 1 atom stereocenters. The number of hydrogen-bond donors (Lipinski definition) is 1. The molecule has 0 saturated heterocycles. The molecule has 0 amide bonds. The number of nitrogens with one attached hydrogen (secondary N) is 1. The Morgan fingerprint density at radius 1 is 1.14 bits per heavy atom. The number of rotatable bonds is 6. The zero-order chi connectivity index (χ0) is 9.97. The van der Waals surface area contributed by atoms with Gasteiger partial charge in [-0.05, 0) is 43.6 Å². The lowest BCUT2D eigenvalue weighted by molar-refractivity contribution is 0.274. The molecule has 1 nitrogen and oxygen atoms in total. The van der Waals surface area contributed by atoms with Crippen LogP contribution >= 0.6 is 0 Å². The van der Waals surface area contributed by atoms with Gasteiger partial charge >= 0.3 is 0 Å². The minimum Gasteiger partial charge on any atom is -0.313 e. The van der Waals surface area contributed by atoms with Gasteiger partial charge in [0, 0.05) is 6.04 Å². The Hall–Kier alpha value is -0.0400. The highest BCUT2D eigenvalue weighted by molar-refractivity contribution is 4.88. The van der Waals surface area contributed by atoms with E-state index in [0.717, 1.165) is 23.8 Å². The lowest BCUT2D eigenvalue weighted by atomic mass is 9.83. The highest BCUT2D eigenvalue weighted by Gasteiger charge is 2.32. The fourth-order valence-electron chi connectivity index (χ4n) is 2.64. The van der Waals surface area contributed by atoms with E-state index in [9.17, 15) is 0 Å². The molecule has 0 spiro atoms. The first-order chi connectivity index (χ1) is 6.77. The Morgan fingerprint density at radius 2 is 1.86 bits per heavy atom. The summed E-state index contributed by atoms with van der Waals surface area (Å²) in [6.07, 6.45) is 8.85. The maximum Gasteiger partial charge on any atom is 0.0118 e. The minimum atomic E-state index is 0.815. The van der Waals surface area contributed by atoms with Crippen LogP contribution in [0.1, 0.15) is 52.4 Å². The van der Waals surface area contributed by atoms with Gasteiger partial charge in [-0.25, -0.2) is 0 Å². The summed E-state index contributed by atoms with van der Waals surface area (Å²) < 4.78 is 0. The van der Waals surface area contributed by atoms with Gasteiger partial charge in [0.1, 0.15) is 0 Å². The molecule has 2 aliphatic rings. The predicted octanol–water partition coefficient (Wildman–Crippen LogP) is 3.20. The van der Waals surface area contributed by atoms with Gasteiger partial charge in [0.25, 0.3) is 0 Å². The first-order valence-corrected chi connectivity index (χ1v) is 6.50. The molecule has 14 heavy (non-hydrogen) atoms. The van der Waals surface area contributed by atoms with Gasteiger partial charge in [-0.3, -0.25) is 0 Å². The van der Waals surface area contributed by atoms with Crippen molar-refractivity contribution in [1.82, 2.24) is 5.32 Å². The summed E-state index contributed by atoms with van der Waals surface area (Å²) in [4.78, 5) is 0. The van der Waals surface area contributed by atoms with Crippen molar-refractivity contribution in [1.29, 1.82) is 0 Å². The molecule has 0 aromatic carbocycles. The fourth-order valence-corrected chi connectivity index (χ4v) is 2.64. The van der Waals surface area contributed by atoms with E-state index in [1.807, 2.05) is 0 Å². The second kappa shape index (κ2) is 4.65. The van der Waals surface area contributed by atoms with Gasteiger partial charge in [-0.1, -0.05) is 33.1 Å². The van der Waals surface area contributed by atoms with E-state index in [1.165, 1.54) is 45.1 Å². The van der Waals surface area contributed by atoms with Crippen molar-refractivity contribution in [2.75, 3.05) is 6.54 Å². The van der Waals surface area contributed by atoms with E-state index in [1.54, 1.807) is 0 Å². The molecule has 0 heterocycles. The molecule has 0 aliphatic heterocycles. The third-order valence-corrected chi connectivity index (χ3v) is 4.01. The molecule has 1 unspecified atom stereocenters. The molecule has 1 N–H and O–H groups in total. The second-order valence-electron chi connectivity index (χ2n) is 5.65. The topological polar surface area (TPSA) is 12.0 Å². The van der Waals surface area contributed by atoms with E-state index < -0.39 is 0 Å². The smallest absolute Gasteiger partial charge is 0.0118 e. The summed E-state index contributed by atoms with van der Waals surface area (Å²) in [6, 6.07) is 0.815. The summed E-state index contributed by atoms with van der Waals surface area (Å²) in [7, 11) is 0. The van der Waals surface area contributed by atoms with Crippen molar-refractivity contribution in [3.63, 3.8) is 0 Å². The highest BCUT2D eigenvalue weighted by atomic mass is 14.9. The Bertz CT molecular complexity index is 166. The van der Waals surface area contributed by atoms with Gasteiger partial charge in [0.2, 0.25) is 0 Å². The quantitative estimate of drug-likeness (QED) is 0.686. The van der Waals surface area contributed by atoms with Crippen LogP contribution in [0.4, 0.5) is 0 Å². The lowest BCUT2D eigenvalue weighted by Gasteiger charge is -2.28. The minimum absolute atomic E-state index is 0.815. The van der Waals surface area contributed by atoms with Crippen LogP contribution in [0.25, 0.3) is 0 Å². The molecule has 2 fully saturated rings. The summed E-state index contributed by atoms with van der Waals surface area (Å²) in [5.74, 6) is 2.90. The zero-order valence-corrected chi connectivity index (χ0v) is 9.76. The molecule has 0 aromatic heterocycles. The molecule has 1 heteroatoms. The molecule has 0 bridgehead atoms. The van der Waals surface area contributed by atoms with Crippen molar-refractivity contribution in [3.05, 3.63) is 0 Å². The van der Waals surface area contributed by atoms with Gasteiger partial charge in [-0.2, -0.15) is 0 Å². The van der Waals surface area contributed by atoms with Crippen LogP contribution in [0.15, 0.2) is 0 Å². The first kappa shape index (κ1) is 10.5. The molecule has 82 valence electrons. The van der Waals surface area contributed by atoms with E-state index in [-0.39, 0.29) is 0 Å². The SMILES string of the molecule is CC(C)C(NCCC1CCC1)C1CC1. The van der Waals surface area contributed by atoms with Gasteiger partial charge < -0.3 is 5.32 Å². The Morgan fingerprint density at radius 3 is 2.29 bits per heavy atom. The first-order valence-electron chi connectivity index (χ1n) is 6.50. The van der Waals surface area contributed by atoms with Crippen LogP contribution in [0.2, 0.25) is 0 Å². The normalized spacial score (nSPS) is 25.1. The van der Waals surface area contributed by atoms with Crippen LogP contribution in [0.5, 0.6) is 0 Å². The maximum absolute atomic E-state index is 3.78. The van der Waals surface area contributed by atoms with E-state index >= 15 is 0 Å². The molecule has 2 saturated carbocycles. The Balaban J connectivity index is 1.61. The van der Waals surface area contributed by atoms with E-state index in [0.29, 0.717) is 0 Å². The largest absolute Gasteiger partial charge is 0.313 e. The molecular formula is C13H25N. The van der Waals surface area contributed by atoms with Crippen molar-refractivity contribution >= 4 is 0 Å². The van der Waals surface area contributed by atoms with Crippen LogP contribution < -0.4 is 5.32 Å². The average Bonchev–Trinajstić information content (AvgIpc) is 2.83. The Labute approximate surface area is 88.7 Å². The summed E-state index contributed by atoms with van der Waals surface area (Å²) in [6.45, 7) is 5.99. The van der Waals surface area contributed by atoms with Gasteiger partial charge in [0.15, 0.2) is 0 Å². The summed E-state index contributed by atoms with van der Waals surface area (Å²) in [5, 5.41) is 3.78. The van der Waals surface area contributed by atoms with Gasteiger partial charge in [-0.15, -0.1) is 0 Å². The van der Waals surface area contributed by atoms with Crippen LogP contribution in [0.3, 0.4) is 0 Å². The Kier molecular flexibility index (Phi) is 3.48. The third kappa shape index (κ3) is 2.73. The van der Waals surface area contributed by atoms with Crippen molar-refractivity contribution in [2.24, 2.45) is 17.8 Å². The lowest BCUT2D eigenvalue weighted by Crippen LogP contribution is -2.37. The van der Waals surface area contributed by atoms with Crippen molar-refractivity contribution in [3.8, 4) is 0 Å². The third-order valence-electron chi connectivity index (χ3n) is 4.01. The van der Waals surface area contributed by atoms with Crippen LogP contribution in [-0.4, -0.2) is 12.6 Å². The van der Waals surface area contributed by atoms with Gasteiger partial charge in [0.05, 0.1) is 0 Å². The van der Waals surface area contributed by atoms with E-state index in [2.05, 4.69) is 19.2 Å². The zero-order valence-electron chi connectivity index (χ0n) is 9.76. The summed E-state index contributed by atoms with van der Waals surface area (Å²) >= 11 is 0. The molecule has 0 aromatic rings. The van der Waals surface area contributed by atoms with Crippen molar-refractivity contribution in [2.45, 2.75) is 58.4 Å². The van der Waals surface area contributed by atoms with E-state index in [4.69, 9.17) is 0 Å². The van der Waals surface area contributed by atoms with Crippen LogP contribution in [0, 0.1) is 17.8 Å². The molecule has 2 aliphatic carbocycles. The molecule has 0 radical (unpaired) electrons. The monoisotopic (exact) mass is 195 g/mol. The standard InChI is InChI=1S/C13H25N/c1-10(2)13(12-6-7-12)14-9-8-11-4-3-5-11/h10-14H,3-9H2,1-2H3. The second-order valence-corrected chi connectivity index (χ2v) is 5.65. The summed E-state index contributed by atoms with van der Waals surface area (Å²) in [5.41, 5.74) is 0.